The van der Waals surface area contributed by atoms with E-state index in [9.17, 15) is 0 Å². The lowest BCUT2D eigenvalue weighted by molar-refractivity contribution is 0.293. The van der Waals surface area contributed by atoms with Crippen molar-refractivity contribution in [3.63, 3.8) is 0 Å². The normalized spacial score (nSPS) is 10.0. The summed E-state index contributed by atoms with van der Waals surface area (Å²) < 4.78 is 7.73. The molecular weight excluding hydrogens is 318 g/mol. The Kier molecular flexibility index (Phi) is 9.38. The average Bonchev–Trinajstić information content (AvgIpc) is 2.81. The molecule has 110 valence electrons. The SMILES string of the molecule is C/C=C(\C)OC.C=CC.Cc1nnc2ccc(Br)cn12. The van der Waals surface area contributed by atoms with E-state index < -0.39 is 0 Å². The number of aromatic nitrogens is 3. The molecule has 2 aromatic heterocycles. The van der Waals surface area contributed by atoms with Crippen LogP contribution >= 0.6 is 15.9 Å². The van der Waals surface area contributed by atoms with Crippen LogP contribution in [0.4, 0.5) is 0 Å². The Balaban J connectivity index is 0.000000344. The number of fused-ring (bicyclic) bond motifs is 1. The molecule has 2 aromatic rings. The van der Waals surface area contributed by atoms with Gasteiger partial charge < -0.3 is 4.74 Å². The molecule has 5 heteroatoms. The highest BCUT2D eigenvalue weighted by Crippen LogP contribution is 2.11. The van der Waals surface area contributed by atoms with E-state index in [0.29, 0.717) is 0 Å². The Morgan fingerprint density at radius 1 is 1.35 bits per heavy atom. The van der Waals surface area contributed by atoms with Gasteiger partial charge in [0.25, 0.3) is 0 Å². The largest absolute Gasteiger partial charge is 0.502 e. The fourth-order valence-electron chi connectivity index (χ4n) is 1.10. The zero-order chi connectivity index (χ0) is 15.5. The molecule has 0 bridgehead atoms. The maximum atomic E-state index is 4.76. The highest BCUT2D eigenvalue weighted by atomic mass is 79.9. The quantitative estimate of drug-likeness (QED) is 0.565. The van der Waals surface area contributed by atoms with Crippen molar-refractivity contribution in [1.29, 1.82) is 0 Å². The summed E-state index contributed by atoms with van der Waals surface area (Å²) in [6.45, 7) is 11.0. The van der Waals surface area contributed by atoms with Crippen molar-refractivity contribution in [3.8, 4) is 0 Å². The van der Waals surface area contributed by atoms with E-state index in [4.69, 9.17) is 4.74 Å². The first kappa shape index (κ1) is 18.4. The van der Waals surface area contributed by atoms with Gasteiger partial charge in [-0.25, -0.2) is 0 Å². The minimum absolute atomic E-state index is 0.880. The molecule has 0 saturated carbocycles. The van der Waals surface area contributed by atoms with E-state index in [1.807, 2.05) is 56.5 Å². The first-order chi connectivity index (χ1) is 9.49. The van der Waals surface area contributed by atoms with E-state index in [1.54, 1.807) is 13.2 Å². The summed E-state index contributed by atoms with van der Waals surface area (Å²) >= 11 is 3.37. The van der Waals surface area contributed by atoms with Gasteiger partial charge in [0, 0.05) is 10.7 Å². The summed E-state index contributed by atoms with van der Waals surface area (Å²) in [5.41, 5.74) is 0.880. The maximum Gasteiger partial charge on any atom is 0.160 e. The maximum absolute atomic E-state index is 4.76. The third kappa shape index (κ3) is 6.52. The fraction of sp³-hybridized carbons (Fsp3) is 0.333. The minimum Gasteiger partial charge on any atom is -0.502 e. The minimum atomic E-state index is 0.880. The molecule has 0 atom stereocenters. The lowest BCUT2D eigenvalue weighted by Crippen LogP contribution is -1.86. The number of hydrogen-bond acceptors (Lipinski definition) is 3. The molecule has 0 fully saturated rings. The molecular formula is C15H22BrN3O. The number of nitrogens with zero attached hydrogens (tertiary/aromatic N) is 3. The predicted molar refractivity (Wildman–Crippen MR) is 87.7 cm³/mol. The first-order valence-electron chi connectivity index (χ1n) is 6.20. The smallest absolute Gasteiger partial charge is 0.160 e. The highest BCUT2D eigenvalue weighted by molar-refractivity contribution is 9.10. The van der Waals surface area contributed by atoms with Crippen LogP contribution in [0, 0.1) is 6.92 Å². The monoisotopic (exact) mass is 339 g/mol. The van der Waals surface area contributed by atoms with Crippen LogP contribution in [-0.2, 0) is 4.74 Å². The van der Waals surface area contributed by atoms with Gasteiger partial charge in [0.05, 0.1) is 12.9 Å². The molecule has 20 heavy (non-hydrogen) atoms. The average molecular weight is 340 g/mol. The fourth-order valence-corrected chi connectivity index (χ4v) is 1.43. The second kappa shape index (κ2) is 10.2. The van der Waals surface area contributed by atoms with Gasteiger partial charge in [-0.05, 0) is 55.8 Å². The van der Waals surface area contributed by atoms with E-state index >= 15 is 0 Å². The molecule has 0 aliphatic rings. The van der Waals surface area contributed by atoms with Gasteiger partial charge in [-0.1, -0.05) is 12.2 Å². The predicted octanol–water partition coefficient (Wildman–Crippen LogP) is 4.55. The number of aryl methyl sites for hydroxylation is 1. The van der Waals surface area contributed by atoms with Crippen molar-refractivity contribution < 1.29 is 4.74 Å². The lowest BCUT2D eigenvalue weighted by atomic mass is 10.5. The second-order valence-electron chi connectivity index (χ2n) is 3.83. The summed E-state index contributed by atoms with van der Waals surface area (Å²) in [6, 6.07) is 3.87. The summed E-state index contributed by atoms with van der Waals surface area (Å²) in [5.74, 6) is 1.87. The highest BCUT2D eigenvalue weighted by Gasteiger charge is 1.98. The topological polar surface area (TPSA) is 39.4 Å². The Hall–Kier alpha value is -1.62. The summed E-state index contributed by atoms with van der Waals surface area (Å²) in [4.78, 5) is 0. The first-order valence-corrected chi connectivity index (χ1v) is 7.00. The van der Waals surface area contributed by atoms with Crippen LogP contribution in [0.25, 0.3) is 5.65 Å². The number of methoxy groups -OCH3 is 1. The molecule has 0 saturated heterocycles. The molecule has 0 unspecified atom stereocenters. The molecule has 2 heterocycles. The van der Waals surface area contributed by atoms with Crippen molar-refractivity contribution in [2.24, 2.45) is 0 Å². The standard InChI is InChI=1S/C7H6BrN3.C5H10O.C3H6/c1-5-9-10-7-3-2-6(8)4-11(5)7;1-4-5(2)6-3;1-3-2/h2-4H,1H3;4H,1-3H3;3H,1H2,2H3/b;5-4+;. The zero-order valence-corrected chi connectivity index (χ0v) is 14.3. The van der Waals surface area contributed by atoms with E-state index in [-0.39, 0.29) is 0 Å². The number of allylic oxidation sites excluding steroid dienone is 3. The molecule has 0 aliphatic carbocycles. The zero-order valence-electron chi connectivity index (χ0n) is 12.7. The van der Waals surface area contributed by atoms with Crippen molar-refractivity contribution >= 4 is 21.6 Å². The van der Waals surface area contributed by atoms with Gasteiger partial charge in [-0.2, -0.15) is 0 Å². The van der Waals surface area contributed by atoms with Crippen molar-refractivity contribution in [2.45, 2.75) is 27.7 Å². The number of hydrogen-bond donors (Lipinski definition) is 0. The van der Waals surface area contributed by atoms with Crippen molar-refractivity contribution in [2.75, 3.05) is 7.11 Å². The molecule has 0 aliphatic heterocycles. The number of halogens is 1. The summed E-state index contributed by atoms with van der Waals surface area (Å²) in [6.07, 6.45) is 5.62. The molecule has 0 N–H and O–H groups in total. The van der Waals surface area contributed by atoms with Gasteiger partial charge in [0.2, 0.25) is 0 Å². The van der Waals surface area contributed by atoms with Crippen LogP contribution < -0.4 is 0 Å². The van der Waals surface area contributed by atoms with Gasteiger partial charge in [-0.3, -0.25) is 4.40 Å². The van der Waals surface area contributed by atoms with Crippen molar-refractivity contribution in [1.82, 2.24) is 14.6 Å². The van der Waals surface area contributed by atoms with E-state index in [2.05, 4.69) is 32.7 Å². The molecule has 0 amide bonds. The molecule has 0 radical (unpaired) electrons. The third-order valence-corrected chi connectivity index (χ3v) is 2.73. The Morgan fingerprint density at radius 3 is 2.40 bits per heavy atom. The number of pyridine rings is 1. The van der Waals surface area contributed by atoms with Crippen LogP contribution in [0.3, 0.4) is 0 Å². The van der Waals surface area contributed by atoms with E-state index in [1.165, 1.54) is 0 Å². The van der Waals surface area contributed by atoms with Crippen molar-refractivity contribution in [3.05, 3.63) is 53.1 Å². The third-order valence-electron chi connectivity index (χ3n) is 2.27. The van der Waals surface area contributed by atoms with Crippen LogP contribution in [0.5, 0.6) is 0 Å². The Labute approximate surface area is 129 Å². The number of ether oxygens (including phenoxy) is 1. The van der Waals surface area contributed by atoms with Crippen LogP contribution in [0.15, 0.2) is 47.3 Å². The summed E-state index contributed by atoms with van der Waals surface area (Å²) in [7, 11) is 1.66. The van der Waals surface area contributed by atoms with Crippen LogP contribution in [-0.4, -0.2) is 21.7 Å². The Morgan fingerprint density at radius 2 is 1.95 bits per heavy atom. The molecule has 0 spiro atoms. The number of rotatable bonds is 1. The summed E-state index contributed by atoms with van der Waals surface area (Å²) in [5, 5.41) is 7.88. The van der Waals surface area contributed by atoms with Gasteiger partial charge in [-0.15, -0.1) is 16.8 Å². The van der Waals surface area contributed by atoms with E-state index in [0.717, 1.165) is 21.7 Å². The van der Waals surface area contributed by atoms with Gasteiger partial charge in [0.1, 0.15) is 5.82 Å². The molecule has 4 nitrogen and oxygen atoms in total. The van der Waals surface area contributed by atoms with Gasteiger partial charge >= 0.3 is 0 Å². The second-order valence-corrected chi connectivity index (χ2v) is 4.75. The molecule has 0 aromatic carbocycles. The van der Waals surface area contributed by atoms with Gasteiger partial charge in [0.15, 0.2) is 5.65 Å². The van der Waals surface area contributed by atoms with Crippen LogP contribution in [0.1, 0.15) is 26.6 Å². The lowest BCUT2D eigenvalue weighted by Gasteiger charge is -1.93. The van der Waals surface area contributed by atoms with Crippen LogP contribution in [0.2, 0.25) is 0 Å². The molecule has 2 rings (SSSR count). The Bertz CT molecular complexity index is 561.